The molecule has 0 amide bonds. The molecule has 190 valence electrons. The number of alkyl halides is 3. The molecule has 1 aromatic rings. The van der Waals surface area contributed by atoms with Crippen LogP contribution in [0.3, 0.4) is 0 Å². The van der Waals surface area contributed by atoms with Crippen LogP contribution >= 0.6 is 0 Å². The first-order valence-corrected chi connectivity index (χ1v) is 12.5. The van der Waals surface area contributed by atoms with Gasteiger partial charge in [-0.25, -0.2) is 0 Å². The van der Waals surface area contributed by atoms with Crippen molar-refractivity contribution in [2.75, 3.05) is 13.1 Å². The van der Waals surface area contributed by atoms with Crippen LogP contribution in [0, 0.1) is 29.2 Å². The maximum absolute atomic E-state index is 12.7. The molecule has 0 bridgehead atoms. The lowest BCUT2D eigenvalue weighted by molar-refractivity contribution is -0.0925. The molecule has 2 atom stereocenters. The first kappa shape index (κ1) is 29.5. The summed E-state index contributed by atoms with van der Waals surface area (Å²) in [5.74, 6) is 4.32. The van der Waals surface area contributed by atoms with Crippen molar-refractivity contribution in [2.45, 2.75) is 85.2 Å². The molecule has 3 N–H and O–H groups in total. The van der Waals surface area contributed by atoms with Gasteiger partial charge in [-0.3, -0.25) is 10.4 Å². The molecule has 0 saturated heterocycles. The fraction of sp³-hybridized carbons (Fsp3) is 0.630. The highest BCUT2D eigenvalue weighted by Crippen LogP contribution is 2.22. The van der Waals surface area contributed by atoms with Gasteiger partial charge in [-0.05, 0) is 48.8 Å². The Bertz CT molecular complexity index is 818. The van der Waals surface area contributed by atoms with E-state index >= 15 is 0 Å². The highest BCUT2D eigenvalue weighted by molar-refractivity contribution is 6.05. The smallest absolute Gasteiger partial charge is 0.395 e. The van der Waals surface area contributed by atoms with Crippen molar-refractivity contribution in [3.8, 4) is 12.0 Å². The summed E-state index contributed by atoms with van der Waals surface area (Å²) in [7, 11) is 0. The van der Waals surface area contributed by atoms with Gasteiger partial charge in [0.05, 0.1) is 11.4 Å². The van der Waals surface area contributed by atoms with Crippen molar-refractivity contribution in [3.05, 3.63) is 41.4 Å². The minimum absolute atomic E-state index is 0.106. The van der Waals surface area contributed by atoms with E-state index in [-0.39, 0.29) is 5.69 Å². The minimum atomic E-state index is -4.68. The van der Waals surface area contributed by atoms with E-state index < -0.39 is 17.6 Å². The van der Waals surface area contributed by atoms with E-state index in [1.165, 1.54) is 50.8 Å². The van der Waals surface area contributed by atoms with E-state index in [0.29, 0.717) is 23.5 Å². The largest absolute Gasteiger partial charge is 0.430 e. The Balaban J connectivity index is 3.11. The summed E-state index contributed by atoms with van der Waals surface area (Å²) in [4.78, 5) is 6.24. The van der Waals surface area contributed by atoms with E-state index in [1.807, 2.05) is 0 Å². The molecule has 1 rings (SSSR count). The summed E-state index contributed by atoms with van der Waals surface area (Å²) in [6.45, 7) is 10.7. The van der Waals surface area contributed by atoms with Crippen LogP contribution in [-0.4, -0.2) is 34.9 Å². The average molecular weight is 479 g/mol. The Morgan fingerprint density at radius 3 is 2.12 bits per heavy atom. The van der Waals surface area contributed by atoms with E-state index in [0.717, 1.165) is 25.9 Å². The Labute approximate surface area is 203 Å². The summed E-state index contributed by atoms with van der Waals surface area (Å²) in [5, 5.41) is 7.94. The van der Waals surface area contributed by atoms with E-state index in [9.17, 15) is 13.2 Å². The second kappa shape index (κ2) is 15.4. The van der Waals surface area contributed by atoms with Gasteiger partial charge in [0.2, 0.25) is 0 Å². The lowest BCUT2D eigenvalue weighted by Gasteiger charge is -2.27. The van der Waals surface area contributed by atoms with E-state index in [2.05, 4.69) is 49.5 Å². The SMILES string of the molecule is CCCCC(CC)CN(C#Cc1ccnc(C(=N)C=C(N)C(F)(F)F)c1)CC(CC)CCCC. The molecule has 1 heterocycles. The fourth-order valence-corrected chi connectivity index (χ4v) is 3.73. The highest BCUT2D eigenvalue weighted by atomic mass is 19.4. The molecule has 0 aromatic carbocycles. The van der Waals surface area contributed by atoms with Crippen LogP contribution in [0.1, 0.15) is 90.3 Å². The van der Waals surface area contributed by atoms with Crippen LogP contribution in [0.15, 0.2) is 30.1 Å². The van der Waals surface area contributed by atoms with Crippen molar-refractivity contribution >= 4 is 5.71 Å². The number of halogens is 3. The third-order valence-corrected chi connectivity index (χ3v) is 6.07. The second-order valence-corrected chi connectivity index (χ2v) is 8.92. The fourth-order valence-electron chi connectivity index (χ4n) is 3.73. The Morgan fingerprint density at radius 2 is 1.65 bits per heavy atom. The molecular weight excluding hydrogens is 437 g/mol. The van der Waals surface area contributed by atoms with Crippen LogP contribution in [-0.2, 0) is 0 Å². The maximum Gasteiger partial charge on any atom is 0.430 e. The van der Waals surface area contributed by atoms with Gasteiger partial charge >= 0.3 is 6.18 Å². The standard InChI is InChI=1S/C27H41F3N4/c1-5-9-11-21(7-3)19-34(20-22(8-4)12-10-6-2)16-14-23-13-15-33-25(17-23)24(31)18-26(32)27(28,29)30/h13,15,17-18,21-22,31H,5-12,19-20,32H2,1-4H3. The van der Waals surface area contributed by atoms with Crippen LogP contribution < -0.4 is 5.73 Å². The third kappa shape index (κ3) is 11.1. The number of hydrogen-bond acceptors (Lipinski definition) is 4. The zero-order valence-corrected chi connectivity index (χ0v) is 21.1. The average Bonchev–Trinajstić information content (AvgIpc) is 2.81. The molecule has 34 heavy (non-hydrogen) atoms. The van der Waals surface area contributed by atoms with Crippen LogP contribution in [0.4, 0.5) is 13.2 Å². The van der Waals surface area contributed by atoms with Gasteiger partial charge in [0.25, 0.3) is 0 Å². The number of rotatable bonds is 14. The zero-order valence-electron chi connectivity index (χ0n) is 21.1. The molecular formula is C27H41F3N4. The quantitative estimate of drug-likeness (QED) is 0.174. The number of nitrogens with zero attached hydrogens (tertiary/aromatic N) is 2. The monoisotopic (exact) mass is 478 g/mol. The number of aromatic nitrogens is 1. The molecule has 0 aliphatic carbocycles. The molecule has 0 aliphatic heterocycles. The highest BCUT2D eigenvalue weighted by Gasteiger charge is 2.31. The number of pyridine rings is 1. The van der Waals surface area contributed by atoms with Crippen molar-refractivity contribution in [3.63, 3.8) is 0 Å². The van der Waals surface area contributed by atoms with E-state index in [1.54, 1.807) is 6.07 Å². The number of allylic oxidation sites excluding steroid dienone is 2. The van der Waals surface area contributed by atoms with Crippen LogP contribution in [0.5, 0.6) is 0 Å². The molecule has 4 nitrogen and oxygen atoms in total. The molecule has 0 fully saturated rings. The van der Waals surface area contributed by atoms with E-state index in [4.69, 9.17) is 11.1 Å². The van der Waals surface area contributed by atoms with Gasteiger partial charge in [-0.1, -0.05) is 66.2 Å². The first-order chi connectivity index (χ1) is 16.1. The topological polar surface area (TPSA) is 66.0 Å². The number of nitrogens with one attached hydrogen (secondary N) is 1. The van der Waals surface area contributed by atoms with Crippen molar-refractivity contribution in [2.24, 2.45) is 17.6 Å². The molecule has 0 spiro atoms. The summed E-state index contributed by atoms with van der Waals surface area (Å²) in [6, 6.07) is 6.56. The molecule has 7 heteroatoms. The van der Waals surface area contributed by atoms with Gasteiger partial charge in [-0.2, -0.15) is 13.2 Å². The third-order valence-electron chi connectivity index (χ3n) is 6.07. The van der Waals surface area contributed by atoms with Crippen LogP contribution in [0.2, 0.25) is 0 Å². The summed E-state index contributed by atoms with van der Waals surface area (Å²) < 4.78 is 38.1. The lowest BCUT2D eigenvalue weighted by Crippen LogP contribution is -2.30. The molecule has 0 saturated carbocycles. The summed E-state index contributed by atoms with van der Waals surface area (Å²) >= 11 is 0. The van der Waals surface area contributed by atoms with Gasteiger partial charge < -0.3 is 10.6 Å². The Kier molecular flexibility index (Phi) is 13.4. The van der Waals surface area contributed by atoms with Gasteiger partial charge in [-0.15, -0.1) is 0 Å². The Hall–Kier alpha value is -2.49. The van der Waals surface area contributed by atoms with Crippen LogP contribution in [0.25, 0.3) is 0 Å². The second-order valence-electron chi connectivity index (χ2n) is 8.92. The van der Waals surface area contributed by atoms with Gasteiger partial charge in [0, 0.05) is 30.9 Å². The molecule has 2 unspecified atom stereocenters. The number of unbranched alkanes of at least 4 members (excludes halogenated alkanes) is 2. The summed E-state index contributed by atoms with van der Waals surface area (Å²) in [5.41, 5.74) is 4.05. The van der Waals surface area contributed by atoms with Crippen molar-refractivity contribution in [1.29, 1.82) is 5.41 Å². The number of hydrogen-bond donors (Lipinski definition) is 2. The predicted molar refractivity (Wildman–Crippen MR) is 134 cm³/mol. The van der Waals surface area contributed by atoms with Gasteiger partial charge in [0.15, 0.2) is 0 Å². The Morgan fingerprint density at radius 1 is 1.09 bits per heavy atom. The van der Waals surface area contributed by atoms with Crippen molar-refractivity contribution in [1.82, 2.24) is 9.88 Å². The number of nitrogens with two attached hydrogens (primary N) is 1. The lowest BCUT2D eigenvalue weighted by atomic mass is 9.96. The minimum Gasteiger partial charge on any atom is -0.395 e. The molecule has 1 aromatic heterocycles. The maximum atomic E-state index is 12.7. The molecule has 0 radical (unpaired) electrons. The zero-order chi connectivity index (χ0) is 25.6. The van der Waals surface area contributed by atoms with Crippen molar-refractivity contribution < 1.29 is 13.2 Å². The molecule has 0 aliphatic rings. The predicted octanol–water partition coefficient (Wildman–Crippen LogP) is 6.90. The normalized spacial score (nSPS) is 13.7. The van der Waals surface area contributed by atoms with Gasteiger partial charge in [0.1, 0.15) is 5.70 Å². The first-order valence-electron chi connectivity index (χ1n) is 12.5. The summed E-state index contributed by atoms with van der Waals surface area (Å²) in [6.07, 6.45) is 6.71.